The second-order valence-electron chi connectivity index (χ2n) is 4.03. The third kappa shape index (κ3) is 3.39. The van der Waals surface area contributed by atoms with Crippen molar-refractivity contribution in [3.05, 3.63) is 50.3 Å². The fraction of sp³-hybridized carbons (Fsp3) is 0.154. The molecule has 0 saturated carbocycles. The van der Waals surface area contributed by atoms with Crippen molar-refractivity contribution in [1.82, 2.24) is 0 Å². The Morgan fingerprint density at radius 3 is 2.47 bits per heavy atom. The summed E-state index contributed by atoms with van der Waals surface area (Å²) in [6.07, 6.45) is 0. The highest BCUT2D eigenvalue weighted by atomic mass is 79.9. The second kappa shape index (κ2) is 5.79. The monoisotopic (exact) mass is 387 g/mol. The Morgan fingerprint density at radius 2 is 1.95 bits per heavy atom. The zero-order chi connectivity index (χ0) is 14.0. The predicted molar refractivity (Wildman–Crippen MR) is 79.6 cm³/mol. The molecule has 6 heteroatoms. The molecule has 2 N–H and O–H groups in total. The van der Waals surface area contributed by atoms with Gasteiger partial charge in [-0.25, -0.2) is 4.79 Å². The first-order valence-corrected chi connectivity index (χ1v) is 7.07. The van der Waals surface area contributed by atoms with Crippen LogP contribution in [0.2, 0.25) is 0 Å². The summed E-state index contributed by atoms with van der Waals surface area (Å²) in [5.41, 5.74) is 2.04. The van der Waals surface area contributed by atoms with Gasteiger partial charge in [-0.15, -0.1) is 0 Å². The number of carbonyl (C=O) groups is 1. The number of rotatable bonds is 4. The summed E-state index contributed by atoms with van der Waals surface area (Å²) >= 11 is 6.97. The van der Waals surface area contributed by atoms with Gasteiger partial charge in [0.1, 0.15) is 5.76 Å². The SMILES string of the molecule is Cc1cc(Br)c(NCc2ccc(C(=O)O)o2)c(Br)c1. The van der Waals surface area contributed by atoms with Gasteiger partial charge >= 0.3 is 5.97 Å². The third-order valence-electron chi connectivity index (χ3n) is 2.50. The van der Waals surface area contributed by atoms with Crippen molar-refractivity contribution < 1.29 is 14.3 Å². The third-order valence-corrected chi connectivity index (χ3v) is 3.75. The molecule has 0 radical (unpaired) electrons. The Hall–Kier alpha value is -1.27. The van der Waals surface area contributed by atoms with Gasteiger partial charge in [-0.05, 0) is 68.6 Å². The van der Waals surface area contributed by atoms with Gasteiger partial charge < -0.3 is 14.8 Å². The first kappa shape index (κ1) is 14.1. The molecule has 1 aromatic heterocycles. The van der Waals surface area contributed by atoms with E-state index in [0.29, 0.717) is 12.3 Å². The van der Waals surface area contributed by atoms with E-state index in [1.165, 1.54) is 6.07 Å². The van der Waals surface area contributed by atoms with Crippen LogP contribution >= 0.6 is 31.9 Å². The number of aromatic carboxylic acids is 1. The van der Waals surface area contributed by atoms with Crippen LogP contribution in [0.15, 0.2) is 37.6 Å². The number of aryl methyl sites for hydroxylation is 1. The highest BCUT2D eigenvalue weighted by molar-refractivity contribution is 9.11. The average Bonchev–Trinajstić information content (AvgIpc) is 2.76. The lowest BCUT2D eigenvalue weighted by atomic mass is 10.2. The maximum Gasteiger partial charge on any atom is 0.371 e. The van der Waals surface area contributed by atoms with E-state index in [4.69, 9.17) is 9.52 Å². The molecule has 2 rings (SSSR count). The van der Waals surface area contributed by atoms with Crippen molar-refractivity contribution in [2.75, 3.05) is 5.32 Å². The lowest BCUT2D eigenvalue weighted by Gasteiger charge is -2.10. The van der Waals surface area contributed by atoms with Crippen molar-refractivity contribution in [3.8, 4) is 0 Å². The van der Waals surface area contributed by atoms with Crippen LogP contribution in [0.1, 0.15) is 21.9 Å². The average molecular weight is 389 g/mol. The summed E-state index contributed by atoms with van der Waals surface area (Å²) in [4.78, 5) is 10.7. The molecule has 0 unspecified atom stereocenters. The molecule has 0 aliphatic carbocycles. The number of carboxylic acids is 1. The van der Waals surface area contributed by atoms with Crippen molar-refractivity contribution in [1.29, 1.82) is 0 Å². The van der Waals surface area contributed by atoms with Crippen molar-refractivity contribution >= 4 is 43.5 Å². The van der Waals surface area contributed by atoms with Gasteiger partial charge in [0.15, 0.2) is 0 Å². The van der Waals surface area contributed by atoms with E-state index >= 15 is 0 Å². The number of halogens is 2. The van der Waals surface area contributed by atoms with Crippen LogP contribution in [0.3, 0.4) is 0 Å². The summed E-state index contributed by atoms with van der Waals surface area (Å²) in [6, 6.07) is 7.08. The lowest BCUT2D eigenvalue weighted by Crippen LogP contribution is -2.00. The molecule has 0 atom stereocenters. The number of hydrogen-bond acceptors (Lipinski definition) is 3. The summed E-state index contributed by atoms with van der Waals surface area (Å²) in [5, 5.41) is 12.0. The second-order valence-corrected chi connectivity index (χ2v) is 5.74. The normalized spacial score (nSPS) is 10.5. The highest BCUT2D eigenvalue weighted by Gasteiger charge is 2.10. The molecule has 2 aromatic rings. The van der Waals surface area contributed by atoms with Crippen LogP contribution in [-0.4, -0.2) is 11.1 Å². The number of benzene rings is 1. The zero-order valence-electron chi connectivity index (χ0n) is 10.0. The standard InChI is InChI=1S/C13H11Br2NO3/c1-7-4-9(14)12(10(15)5-7)16-6-8-2-3-11(19-8)13(17)18/h2-5,16H,6H2,1H3,(H,17,18). The van der Waals surface area contributed by atoms with Crippen molar-refractivity contribution in [2.45, 2.75) is 13.5 Å². The van der Waals surface area contributed by atoms with Crippen LogP contribution in [-0.2, 0) is 6.54 Å². The molecular formula is C13H11Br2NO3. The fourth-order valence-corrected chi connectivity index (χ4v) is 3.33. The van der Waals surface area contributed by atoms with E-state index in [0.717, 1.165) is 20.2 Å². The van der Waals surface area contributed by atoms with Crippen LogP contribution in [0, 0.1) is 6.92 Å². The van der Waals surface area contributed by atoms with Gasteiger partial charge in [0, 0.05) is 8.95 Å². The Morgan fingerprint density at radius 1 is 1.32 bits per heavy atom. The van der Waals surface area contributed by atoms with Crippen LogP contribution in [0.4, 0.5) is 5.69 Å². The van der Waals surface area contributed by atoms with Gasteiger partial charge in [0.25, 0.3) is 0 Å². The van der Waals surface area contributed by atoms with Crippen LogP contribution in [0.25, 0.3) is 0 Å². The lowest BCUT2D eigenvalue weighted by molar-refractivity contribution is 0.0660. The Labute approximate surface area is 127 Å². The molecule has 100 valence electrons. The maximum atomic E-state index is 10.7. The number of carboxylic acid groups (broad SMARTS) is 1. The molecule has 0 spiro atoms. The van der Waals surface area contributed by atoms with E-state index in [-0.39, 0.29) is 5.76 Å². The van der Waals surface area contributed by atoms with Crippen molar-refractivity contribution in [2.24, 2.45) is 0 Å². The number of nitrogens with one attached hydrogen (secondary N) is 1. The Bertz CT molecular complexity index is 599. The summed E-state index contributed by atoms with van der Waals surface area (Å²) < 4.78 is 7.05. The zero-order valence-corrected chi connectivity index (χ0v) is 13.2. The van der Waals surface area contributed by atoms with E-state index in [9.17, 15) is 4.79 Å². The molecule has 1 heterocycles. The molecule has 0 aliphatic rings. The largest absolute Gasteiger partial charge is 0.475 e. The topological polar surface area (TPSA) is 62.5 Å². The molecule has 0 amide bonds. The minimum atomic E-state index is -1.07. The molecule has 1 aromatic carbocycles. The molecule has 0 saturated heterocycles. The summed E-state index contributed by atoms with van der Waals surface area (Å²) in [6.45, 7) is 2.42. The van der Waals surface area contributed by atoms with Crippen LogP contribution < -0.4 is 5.32 Å². The first-order valence-electron chi connectivity index (χ1n) is 5.49. The highest BCUT2D eigenvalue weighted by Crippen LogP contribution is 2.32. The van der Waals surface area contributed by atoms with Crippen molar-refractivity contribution in [3.63, 3.8) is 0 Å². The number of hydrogen-bond donors (Lipinski definition) is 2. The first-order chi connectivity index (χ1) is 8.97. The van der Waals surface area contributed by atoms with Crippen LogP contribution in [0.5, 0.6) is 0 Å². The van der Waals surface area contributed by atoms with Gasteiger partial charge in [0.2, 0.25) is 5.76 Å². The molecular weight excluding hydrogens is 378 g/mol. The molecule has 0 bridgehead atoms. The Kier molecular flexibility index (Phi) is 4.31. The predicted octanol–water partition coefficient (Wildman–Crippen LogP) is 4.42. The van der Waals surface area contributed by atoms with E-state index in [1.807, 2.05) is 19.1 Å². The molecule has 0 aliphatic heterocycles. The van der Waals surface area contributed by atoms with E-state index in [2.05, 4.69) is 37.2 Å². The van der Waals surface area contributed by atoms with Gasteiger partial charge in [-0.1, -0.05) is 0 Å². The van der Waals surface area contributed by atoms with Gasteiger partial charge in [-0.2, -0.15) is 0 Å². The minimum Gasteiger partial charge on any atom is -0.475 e. The molecule has 4 nitrogen and oxygen atoms in total. The summed E-state index contributed by atoms with van der Waals surface area (Å²) in [7, 11) is 0. The van der Waals surface area contributed by atoms with Gasteiger partial charge in [-0.3, -0.25) is 0 Å². The smallest absolute Gasteiger partial charge is 0.371 e. The quantitative estimate of drug-likeness (QED) is 0.813. The molecule has 19 heavy (non-hydrogen) atoms. The molecule has 0 fully saturated rings. The Balaban J connectivity index is 2.12. The van der Waals surface area contributed by atoms with Gasteiger partial charge in [0.05, 0.1) is 12.2 Å². The maximum absolute atomic E-state index is 10.7. The number of anilines is 1. The van der Waals surface area contributed by atoms with E-state index in [1.54, 1.807) is 6.07 Å². The minimum absolute atomic E-state index is 0.0566. The van der Waals surface area contributed by atoms with E-state index < -0.39 is 5.97 Å². The fourth-order valence-electron chi connectivity index (χ4n) is 1.63. The number of furan rings is 1. The summed E-state index contributed by atoms with van der Waals surface area (Å²) in [5.74, 6) is -0.556.